The number of fused-ring (bicyclic) bond motifs is 6. The maximum Gasteiger partial charge on any atom is 0.311 e. The molecule has 2 N–H and O–H groups in total. The molecule has 0 fully saturated rings. The van der Waals surface area contributed by atoms with Gasteiger partial charge in [0, 0.05) is 41.6 Å². The lowest BCUT2D eigenvalue weighted by Crippen LogP contribution is -2.32. The number of phenolic OH excluding ortho intramolecular Hbond substituents is 1. The monoisotopic (exact) mass is 948 g/mol. The van der Waals surface area contributed by atoms with Crippen LogP contribution >= 0.6 is 0 Å². The van der Waals surface area contributed by atoms with E-state index < -0.39 is 5.41 Å². The SMILES string of the molecule is CCC(C)(CC(CC(C)c1ccc(OC2=C(C=CC3=[N+](C)c4ccc5ccccc5c4C3(C)C)CCCC2=CC=C2N(C)c3ccc4ccccc4c3C2(C)C)cc1)c1ccc(O)cc1)C(=O)OCCO. The molecule has 3 aliphatic rings. The number of likely N-dealkylation sites (N-methyl/N-ethyl adjacent to an activating group) is 1. The van der Waals surface area contributed by atoms with Crippen molar-refractivity contribution in [2.45, 2.75) is 110 Å². The van der Waals surface area contributed by atoms with Crippen LogP contribution in [0.4, 0.5) is 11.4 Å². The Bertz CT molecular complexity index is 3150. The van der Waals surface area contributed by atoms with Crippen molar-refractivity contribution in [3.63, 3.8) is 0 Å². The van der Waals surface area contributed by atoms with Gasteiger partial charge in [-0.25, -0.2) is 0 Å². The Hall–Kier alpha value is -6.70. The number of aliphatic hydroxyl groups is 1. The summed E-state index contributed by atoms with van der Waals surface area (Å²) in [5.74, 6) is 1.76. The molecule has 2 aliphatic heterocycles. The first-order valence-corrected chi connectivity index (χ1v) is 25.6. The molecule has 0 saturated heterocycles. The average Bonchev–Trinajstić information content (AvgIpc) is 3.70. The van der Waals surface area contributed by atoms with Crippen LogP contribution in [0.3, 0.4) is 0 Å². The molecule has 366 valence electrons. The Labute approximate surface area is 421 Å². The van der Waals surface area contributed by atoms with Crippen molar-refractivity contribution in [3.8, 4) is 11.5 Å². The van der Waals surface area contributed by atoms with E-state index in [1.54, 1.807) is 12.1 Å². The van der Waals surface area contributed by atoms with Crippen molar-refractivity contribution >= 4 is 44.6 Å². The number of esters is 1. The lowest BCUT2D eigenvalue weighted by molar-refractivity contribution is -0.401. The summed E-state index contributed by atoms with van der Waals surface area (Å²) in [6.07, 6.45) is 14.0. The van der Waals surface area contributed by atoms with E-state index in [1.807, 2.05) is 26.0 Å². The van der Waals surface area contributed by atoms with Crippen LogP contribution in [0.2, 0.25) is 0 Å². The van der Waals surface area contributed by atoms with Crippen LogP contribution in [0.15, 0.2) is 168 Å². The molecule has 6 aromatic rings. The summed E-state index contributed by atoms with van der Waals surface area (Å²) in [6.45, 7) is 15.4. The molecule has 0 radical (unpaired) electrons. The van der Waals surface area contributed by atoms with Gasteiger partial charge in [-0.05, 0) is 169 Å². The van der Waals surface area contributed by atoms with E-state index in [-0.39, 0.29) is 47.6 Å². The molecular formula is C64H71N2O5+. The molecule has 0 saturated carbocycles. The van der Waals surface area contributed by atoms with Crippen molar-refractivity contribution < 1.29 is 29.1 Å². The number of allylic oxidation sites excluding steroid dienone is 7. The van der Waals surface area contributed by atoms with Crippen LogP contribution in [0.25, 0.3) is 21.5 Å². The first kappa shape index (κ1) is 49.3. The zero-order valence-corrected chi connectivity index (χ0v) is 43.2. The van der Waals surface area contributed by atoms with E-state index in [4.69, 9.17) is 9.47 Å². The van der Waals surface area contributed by atoms with Crippen LogP contribution in [-0.4, -0.2) is 53.8 Å². The number of aromatic hydroxyl groups is 1. The summed E-state index contributed by atoms with van der Waals surface area (Å²) in [4.78, 5) is 15.7. The van der Waals surface area contributed by atoms with Crippen molar-refractivity contribution in [3.05, 3.63) is 190 Å². The first-order chi connectivity index (χ1) is 34.0. The molecule has 0 aromatic heterocycles. The number of aliphatic hydroxyl groups excluding tert-OH is 1. The topological polar surface area (TPSA) is 82.2 Å². The number of anilines is 1. The number of carbonyl (C=O) groups is 1. The molecule has 3 atom stereocenters. The molecule has 71 heavy (non-hydrogen) atoms. The molecule has 2 heterocycles. The van der Waals surface area contributed by atoms with E-state index in [9.17, 15) is 15.0 Å². The number of ether oxygens (including phenoxy) is 2. The number of hydrogen-bond acceptors (Lipinski definition) is 6. The van der Waals surface area contributed by atoms with Crippen LogP contribution in [0.1, 0.15) is 121 Å². The van der Waals surface area contributed by atoms with Gasteiger partial charge in [0.1, 0.15) is 30.9 Å². The van der Waals surface area contributed by atoms with E-state index in [2.05, 4.69) is 180 Å². The summed E-state index contributed by atoms with van der Waals surface area (Å²) in [5.41, 5.74) is 11.1. The molecule has 7 heteroatoms. The Morgan fingerprint density at radius 3 is 2.13 bits per heavy atom. The van der Waals surface area contributed by atoms with Gasteiger partial charge in [-0.3, -0.25) is 4.79 Å². The van der Waals surface area contributed by atoms with Gasteiger partial charge in [0.15, 0.2) is 5.71 Å². The van der Waals surface area contributed by atoms with Gasteiger partial charge in [0.2, 0.25) is 5.69 Å². The van der Waals surface area contributed by atoms with Gasteiger partial charge in [-0.2, -0.15) is 4.58 Å². The molecule has 9 rings (SSSR count). The lowest BCUT2D eigenvalue weighted by Gasteiger charge is -2.32. The third-order valence-electron chi connectivity index (χ3n) is 16.1. The second kappa shape index (κ2) is 19.8. The zero-order valence-electron chi connectivity index (χ0n) is 43.2. The predicted molar refractivity (Wildman–Crippen MR) is 291 cm³/mol. The number of carbonyl (C=O) groups excluding carboxylic acids is 1. The molecule has 0 bridgehead atoms. The van der Waals surface area contributed by atoms with Crippen molar-refractivity contribution in [1.29, 1.82) is 0 Å². The van der Waals surface area contributed by atoms with Gasteiger partial charge in [-0.15, -0.1) is 0 Å². The summed E-state index contributed by atoms with van der Waals surface area (Å²) < 4.78 is 15.0. The van der Waals surface area contributed by atoms with E-state index in [1.165, 1.54) is 72.2 Å². The van der Waals surface area contributed by atoms with Gasteiger partial charge < -0.3 is 24.6 Å². The lowest BCUT2D eigenvalue weighted by atomic mass is 9.73. The van der Waals surface area contributed by atoms with Crippen LogP contribution in [-0.2, 0) is 20.4 Å². The molecule has 7 nitrogen and oxygen atoms in total. The van der Waals surface area contributed by atoms with Crippen molar-refractivity contribution in [1.82, 2.24) is 0 Å². The fourth-order valence-electron chi connectivity index (χ4n) is 12.0. The van der Waals surface area contributed by atoms with Crippen molar-refractivity contribution in [2.75, 3.05) is 32.2 Å². The van der Waals surface area contributed by atoms with Crippen molar-refractivity contribution in [2.24, 2.45) is 5.41 Å². The quantitative estimate of drug-likeness (QED) is 0.0788. The van der Waals surface area contributed by atoms with Gasteiger partial charge in [0.05, 0.1) is 17.4 Å². The maximum atomic E-state index is 13.4. The largest absolute Gasteiger partial charge is 0.508 e. The minimum absolute atomic E-state index is 0.0142. The van der Waals surface area contributed by atoms with Crippen LogP contribution in [0.5, 0.6) is 11.5 Å². The van der Waals surface area contributed by atoms with Gasteiger partial charge >= 0.3 is 5.97 Å². The van der Waals surface area contributed by atoms with Crippen LogP contribution < -0.4 is 9.64 Å². The Morgan fingerprint density at radius 2 is 1.45 bits per heavy atom. The third-order valence-corrected chi connectivity index (χ3v) is 16.1. The highest BCUT2D eigenvalue weighted by molar-refractivity contribution is 6.07. The summed E-state index contributed by atoms with van der Waals surface area (Å²) in [6, 6.07) is 42.4. The minimum atomic E-state index is -0.739. The fraction of sp³-hybridized carbons (Fsp3) is 0.344. The van der Waals surface area contributed by atoms with Gasteiger partial charge in [-0.1, -0.05) is 113 Å². The molecule has 3 unspecified atom stereocenters. The normalized spacial score (nSPS) is 19.2. The fourth-order valence-corrected chi connectivity index (χ4v) is 12.0. The molecule has 6 aromatic carbocycles. The predicted octanol–water partition coefficient (Wildman–Crippen LogP) is 14.6. The van der Waals surface area contributed by atoms with E-state index >= 15 is 0 Å². The molecule has 0 spiro atoms. The second-order valence-corrected chi connectivity index (χ2v) is 21.5. The molecular weight excluding hydrogens is 877 g/mol. The maximum absolute atomic E-state index is 13.4. The Kier molecular flexibility index (Phi) is 13.8. The highest BCUT2D eigenvalue weighted by atomic mass is 16.5. The van der Waals surface area contributed by atoms with E-state index in [0.29, 0.717) is 12.8 Å². The number of hydrogen-bond donors (Lipinski definition) is 2. The second-order valence-electron chi connectivity index (χ2n) is 21.5. The first-order valence-electron chi connectivity index (χ1n) is 25.6. The highest BCUT2D eigenvalue weighted by Crippen LogP contribution is 2.51. The molecule has 0 amide bonds. The summed E-state index contributed by atoms with van der Waals surface area (Å²) in [5, 5.41) is 24.7. The zero-order chi connectivity index (χ0) is 50.2. The Balaban J connectivity index is 1.05. The Morgan fingerprint density at radius 1 is 0.803 bits per heavy atom. The van der Waals surface area contributed by atoms with E-state index in [0.717, 1.165) is 42.8 Å². The van der Waals surface area contributed by atoms with Gasteiger partial charge in [0.25, 0.3) is 0 Å². The highest BCUT2D eigenvalue weighted by Gasteiger charge is 2.45. The third kappa shape index (κ3) is 9.37. The number of rotatable bonds is 15. The number of nitrogens with zero attached hydrogens (tertiary/aromatic N) is 2. The average molecular weight is 948 g/mol. The number of phenols is 1. The summed E-state index contributed by atoms with van der Waals surface area (Å²) in [7, 11) is 4.39. The standard InChI is InChI=1S/C64H70N2O5/c1-10-64(7,61(69)70-39-38-67)41-49(44-22-30-50(68)31-23-44)40-42(2)43-24-32-51(33-25-43)71-60-47(28-36-56-62(3,4)58-52-20-13-11-16-45(52)26-34-54(58)65(56)8)18-15-19-48(60)29-37-57-63(5,6)59-53-21-14-12-17-46(53)27-35-55(59)66(57)9/h11-14,16-17,20-37,42,49,67H,10,15,18-19,38-41H2,1-9H3/p+1. The minimum Gasteiger partial charge on any atom is -0.508 e. The smallest absolute Gasteiger partial charge is 0.311 e. The van der Waals surface area contributed by atoms with Crippen LogP contribution in [0, 0.1) is 5.41 Å². The summed E-state index contributed by atoms with van der Waals surface area (Å²) >= 11 is 0. The number of benzene rings is 6. The molecule has 1 aliphatic carbocycles.